The van der Waals surface area contributed by atoms with E-state index in [-0.39, 0.29) is 30.7 Å². The van der Waals surface area contributed by atoms with Gasteiger partial charge in [-0.15, -0.1) is 24.8 Å². The van der Waals surface area contributed by atoms with Gasteiger partial charge in [0.1, 0.15) is 0 Å². The molecule has 0 bridgehead atoms. The first kappa shape index (κ1) is 19.0. The second kappa shape index (κ2) is 9.06. The van der Waals surface area contributed by atoms with Gasteiger partial charge >= 0.3 is 0 Å². The zero-order chi connectivity index (χ0) is 13.0. The molecule has 0 aliphatic carbocycles. The molecule has 1 aliphatic heterocycles. The van der Waals surface area contributed by atoms with Crippen LogP contribution < -0.4 is 11.1 Å². The van der Waals surface area contributed by atoms with Crippen LogP contribution in [0.15, 0.2) is 24.3 Å². The number of anilines is 1. The summed E-state index contributed by atoms with van der Waals surface area (Å²) in [6.07, 6.45) is 2.39. The van der Waals surface area contributed by atoms with Crippen LogP contribution in [0.25, 0.3) is 0 Å². The third-order valence-corrected chi connectivity index (χ3v) is 3.61. The lowest BCUT2D eigenvalue weighted by Gasteiger charge is -2.23. The SMILES string of the molecule is CCN1CCCC1CNC(=O)c1ccccc1N.Cl.Cl. The Labute approximate surface area is 132 Å². The monoisotopic (exact) mass is 319 g/mol. The zero-order valence-electron chi connectivity index (χ0n) is 11.7. The molecule has 1 unspecified atom stereocenters. The lowest BCUT2D eigenvalue weighted by atomic mass is 10.1. The van der Waals surface area contributed by atoms with Crippen molar-refractivity contribution >= 4 is 36.4 Å². The summed E-state index contributed by atoms with van der Waals surface area (Å²) in [4.78, 5) is 14.4. The number of benzene rings is 1. The smallest absolute Gasteiger partial charge is 0.253 e. The Kier molecular flexibility index (Phi) is 8.62. The van der Waals surface area contributed by atoms with E-state index >= 15 is 0 Å². The molecule has 1 aromatic carbocycles. The molecule has 1 heterocycles. The van der Waals surface area contributed by atoms with Crippen LogP contribution in [0.4, 0.5) is 5.69 Å². The molecule has 1 saturated heterocycles. The highest BCUT2D eigenvalue weighted by atomic mass is 35.5. The molecule has 0 radical (unpaired) electrons. The summed E-state index contributed by atoms with van der Waals surface area (Å²) >= 11 is 0. The molecule has 0 saturated carbocycles. The standard InChI is InChI=1S/C14H21N3O.2ClH/c1-2-17-9-5-6-11(17)10-16-14(18)12-7-3-4-8-13(12)15;;/h3-4,7-8,11H,2,5-6,9-10,15H2,1H3,(H,16,18);2*1H. The maximum atomic E-state index is 12.0. The van der Waals surface area contributed by atoms with E-state index in [2.05, 4.69) is 17.1 Å². The number of nitrogens with two attached hydrogens (primary N) is 1. The first-order valence-corrected chi connectivity index (χ1v) is 6.59. The number of amides is 1. The lowest BCUT2D eigenvalue weighted by molar-refractivity contribution is 0.0942. The molecule has 0 spiro atoms. The largest absolute Gasteiger partial charge is 0.398 e. The van der Waals surface area contributed by atoms with Crippen molar-refractivity contribution in [1.29, 1.82) is 0 Å². The molecule has 114 valence electrons. The summed E-state index contributed by atoms with van der Waals surface area (Å²) in [6, 6.07) is 7.66. The first-order valence-electron chi connectivity index (χ1n) is 6.59. The Bertz CT molecular complexity index is 429. The number of para-hydroxylation sites is 1. The average molecular weight is 320 g/mol. The minimum atomic E-state index is -0.0731. The molecule has 6 heteroatoms. The van der Waals surface area contributed by atoms with E-state index in [1.165, 1.54) is 12.8 Å². The van der Waals surface area contributed by atoms with Gasteiger partial charge in [0.2, 0.25) is 0 Å². The number of rotatable bonds is 4. The molecule has 20 heavy (non-hydrogen) atoms. The topological polar surface area (TPSA) is 58.4 Å². The predicted molar refractivity (Wildman–Crippen MR) is 88.0 cm³/mol. The molecule has 1 amide bonds. The fourth-order valence-corrected chi connectivity index (χ4v) is 2.55. The predicted octanol–water partition coefficient (Wildman–Crippen LogP) is 2.33. The van der Waals surface area contributed by atoms with Gasteiger partial charge in [0.05, 0.1) is 5.56 Å². The number of likely N-dealkylation sites (tertiary alicyclic amines) is 1. The number of nitrogen functional groups attached to an aromatic ring is 1. The summed E-state index contributed by atoms with van der Waals surface area (Å²) in [5.41, 5.74) is 6.89. The maximum Gasteiger partial charge on any atom is 0.253 e. The molecular weight excluding hydrogens is 297 g/mol. The Balaban J connectivity index is 0.00000180. The lowest BCUT2D eigenvalue weighted by Crippen LogP contribution is -2.40. The normalized spacial score (nSPS) is 17.9. The number of carbonyl (C=O) groups is 1. The van der Waals surface area contributed by atoms with Gasteiger partial charge in [0.15, 0.2) is 0 Å². The van der Waals surface area contributed by atoms with Crippen molar-refractivity contribution in [3.63, 3.8) is 0 Å². The van der Waals surface area contributed by atoms with E-state index in [4.69, 9.17) is 5.73 Å². The number of hydrogen-bond donors (Lipinski definition) is 2. The van der Waals surface area contributed by atoms with Gasteiger partial charge in [-0.3, -0.25) is 9.69 Å². The quantitative estimate of drug-likeness (QED) is 0.837. The second-order valence-electron chi connectivity index (χ2n) is 4.72. The molecular formula is C14H23Cl2N3O. The Hall–Kier alpha value is -0.970. The molecule has 1 atom stereocenters. The highest BCUT2D eigenvalue weighted by Gasteiger charge is 2.23. The molecule has 4 nitrogen and oxygen atoms in total. The number of nitrogens with zero attached hydrogens (tertiary/aromatic N) is 1. The second-order valence-corrected chi connectivity index (χ2v) is 4.72. The number of halogens is 2. The average Bonchev–Trinajstić information content (AvgIpc) is 2.84. The van der Waals surface area contributed by atoms with Crippen LogP contribution in [0, 0.1) is 0 Å². The van der Waals surface area contributed by atoms with Crippen molar-refractivity contribution in [1.82, 2.24) is 10.2 Å². The number of likely N-dealkylation sites (N-methyl/N-ethyl adjacent to an activating group) is 1. The molecule has 3 N–H and O–H groups in total. The van der Waals surface area contributed by atoms with Crippen LogP contribution in [-0.4, -0.2) is 36.5 Å². The van der Waals surface area contributed by atoms with Gasteiger partial charge in [-0.2, -0.15) is 0 Å². The van der Waals surface area contributed by atoms with Crippen molar-refractivity contribution < 1.29 is 4.79 Å². The fraction of sp³-hybridized carbons (Fsp3) is 0.500. The van der Waals surface area contributed by atoms with Crippen LogP contribution in [0.5, 0.6) is 0 Å². The van der Waals surface area contributed by atoms with Gasteiger partial charge in [0, 0.05) is 18.3 Å². The van der Waals surface area contributed by atoms with Gasteiger partial charge in [-0.25, -0.2) is 0 Å². The van der Waals surface area contributed by atoms with Crippen LogP contribution in [0.2, 0.25) is 0 Å². The van der Waals surface area contributed by atoms with Crippen molar-refractivity contribution in [2.75, 3.05) is 25.4 Å². The minimum absolute atomic E-state index is 0. The summed E-state index contributed by atoms with van der Waals surface area (Å²) < 4.78 is 0. The van der Waals surface area contributed by atoms with Crippen molar-refractivity contribution in [3.05, 3.63) is 29.8 Å². The van der Waals surface area contributed by atoms with Crippen molar-refractivity contribution in [2.45, 2.75) is 25.8 Å². The van der Waals surface area contributed by atoms with Gasteiger partial charge in [0.25, 0.3) is 5.91 Å². The summed E-state index contributed by atoms with van der Waals surface area (Å²) in [7, 11) is 0. The van der Waals surface area contributed by atoms with Crippen LogP contribution in [0.1, 0.15) is 30.1 Å². The highest BCUT2D eigenvalue weighted by molar-refractivity contribution is 5.99. The van der Waals surface area contributed by atoms with Crippen molar-refractivity contribution in [3.8, 4) is 0 Å². The van der Waals surface area contributed by atoms with Gasteiger partial charge in [-0.1, -0.05) is 19.1 Å². The minimum Gasteiger partial charge on any atom is -0.398 e. The number of hydrogen-bond acceptors (Lipinski definition) is 3. The number of carbonyl (C=O) groups excluding carboxylic acids is 1. The van der Waals surface area contributed by atoms with E-state index in [9.17, 15) is 4.79 Å². The van der Waals surface area contributed by atoms with Crippen LogP contribution in [-0.2, 0) is 0 Å². The van der Waals surface area contributed by atoms with Crippen LogP contribution in [0.3, 0.4) is 0 Å². The van der Waals surface area contributed by atoms with E-state index in [1.54, 1.807) is 12.1 Å². The number of nitrogens with one attached hydrogen (secondary N) is 1. The Morgan fingerprint density at radius 1 is 1.40 bits per heavy atom. The summed E-state index contributed by atoms with van der Waals surface area (Å²) in [5.74, 6) is -0.0731. The Morgan fingerprint density at radius 3 is 2.75 bits per heavy atom. The zero-order valence-corrected chi connectivity index (χ0v) is 13.3. The third kappa shape index (κ3) is 4.54. The highest BCUT2D eigenvalue weighted by Crippen LogP contribution is 2.16. The van der Waals surface area contributed by atoms with Gasteiger partial charge < -0.3 is 11.1 Å². The maximum absolute atomic E-state index is 12.0. The molecule has 1 fully saturated rings. The van der Waals surface area contributed by atoms with Crippen molar-refractivity contribution in [2.24, 2.45) is 0 Å². The fourth-order valence-electron chi connectivity index (χ4n) is 2.55. The van der Waals surface area contributed by atoms with E-state index in [0.717, 1.165) is 13.1 Å². The third-order valence-electron chi connectivity index (χ3n) is 3.61. The van der Waals surface area contributed by atoms with Gasteiger partial charge in [-0.05, 0) is 38.1 Å². The molecule has 2 rings (SSSR count). The molecule has 1 aromatic rings. The first-order chi connectivity index (χ1) is 8.72. The summed E-state index contributed by atoms with van der Waals surface area (Å²) in [5, 5.41) is 2.99. The van der Waals surface area contributed by atoms with E-state index in [1.807, 2.05) is 12.1 Å². The Morgan fingerprint density at radius 2 is 2.10 bits per heavy atom. The van der Waals surface area contributed by atoms with E-state index < -0.39 is 0 Å². The summed E-state index contributed by atoms with van der Waals surface area (Å²) in [6.45, 7) is 5.06. The van der Waals surface area contributed by atoms with E-state index in [0.29, 0.717) is 23.8 Å². The molecule has 1 aliphatic rings. The van der Waals surface area contributed by atoms with Crippen LogP contribution >= 0.6 is 24.8 Å². The molecule has 0 aromatic heterocycles.